The van der Waals surface area contributed by atoms with E-state index in [9.17, 15) is 9.59 Å². The minimum absolute atomic E-state index is 0.0424. The van der Waals surface area contributed by atoms with Crippen LogP contribution in [0.3, 0.4) is 0 Å². The number of carbonyl (C=O) groups excluding carboxylic acids is 1. The molecular weight excluding hydrogens is 254 g/mol. The van der Waals surface area contributed by atoms with Crippen LogP contribution in [0, 0.1) is 0 Å². The fraction of sp³-hybridized carbons (Fsp3) is 0.125. The first-order valence-electron chi connectivity index (χ1n) is 6.23. The van der Waals surface area contributed by atoms with Crippen molar-refractivity contribution >= 4 is 17.4 Å². The quantitative estimate of drug-likeness (QED) is 0.818. The van der Waals surface area contributed by atoms with Crippen LogP contribution in [-0.2, 0) is 6.54 Å². The molecule has 0 amide bonds. The molecule has 4 heteroatoms. The van der Waals surface area contributed by atoms with Gasteiger partial charge in [-0.15, -0.1) is 0 Å². The molecule has 0 bridgehead atoms. The second-order valence-electron chi connectivity index (χ2n) is 4.49. The van der Waals surface area contributed by atoms with Gasteiger partial charge in [0.1, 0.15) is 0 Å². The number of aromatic carboxylic acids is 1. The summed E-state index contributed by atoms with van der Waals surface area (Å²) in [6, 6.07) is 14.0. The summed E-state index contributed by atoms with van der Waals surface area (Å²) in [7, 11) is 0. The van der Waals surface area contributed by atoms with E-state index < -0.39 is 5.97 Å². The number of hydrogen-bond acceptors (Lipinski definition) is 3. The van der Waals surface area contributed by atoms with Crippen LogP contribution in [0.5, 0.6) is 0 Å². The maximum atomic E-state index is 11.2. The Kier molecular flexibility index (Phi) is 4.15. The van der Waals surface area contributed by atoms with E-state index in [1.54, 1.807) is 36.4 Å². The highest BCUT2D eigenvalue weighted by Gasteiger charge is 2.02. The zero-order chi connectivity index (χ0) is 14.5. The van der Waals surface area contributed by atoms with Crippen molar-refractivity contribution in [2.24, 2.45) is 0 Å². The predicted molar refractivity (Wildman–Crippen MR) is 77.2 cm³/mol. The highest BCUT2D eigenvalue weighted by atomic mass is 16.4. The van der Waals surface area contributed by atoms with Crippen LogP contribution in [0.1, 0.15) is 33.2 Å². The molecule has 2 N–H and O–H groups in total. The second-order valence-corrected chi connectivity index (χ2v) is 4.49. The Labute approximate surface area is 117 Å². The topological polar surface area (TPSA) is 66.4 Å². The van der Waals surface area contributed by atoms with Crippen molar-refractivity contribution in [2.45, 2.75) is 13.5 Å². The minimum atomic E-state index is -0.927. The molecular formula is C16H15NO3. The number of hydrogen-bond donors (Lipinski definition) is 2. The molecule has 2 aromatic carbocycles. The number of rotatable bonds is 5. The van der Waals surface area contributed by atoms with E-state index in [0.717, 1.165) is 11.3 Å². The fourth-order valence-corrected chi connectivity index (χ4v) is 1.79. The normalized spacial score (nSPS) is 10.1. The lowest BCUT2D eigenvalue weighted by molar-refractivity contribution is 0.0696. The van der Waals surface area contributed by atoms with Crippen molar-refractivity contribution in [1.29, 1.82) is 0 Å². The van der Waals surface area contributed by atoms with Crippen LogP contribution >= 0.6 is 0 Å². The van der Waals surface area contributed by atoms with Gasteiger partial charge in [-0.05, 0) is 48.9 Å². The largest absolute Gasteiger partial charge is 0.478 e. The van der Waals surface area contributed by atoms with Crippen LogP contribution in [0.15, 0.2) is 48.5 Å². The number of Topliss-reactive ketones (excluding diaryl/α,β-unsaturated/α-hetero) is 1. The van der Waals surface area contributed by atoms with Crippen LogP contribution < -0.4 is 5.32 Å². The molecule has 0 aliphatic heterocycles. The molecule has 0 unspecified atom stereocenters. The highest BCUT2D eigenvalue weighted by Crippen LogP contribution is 2.12. The Morgan fingerprint density at radius 2 is 1.50 bits per heavy atom. The maximum absolute atomic E-state index is 11.2. The Bertz CT molecular complexity index is 558. The Hall–Kier alpha value is -2.62. The average molecular weight is 269 g/mol. The molecule has 0 saturated carbocycles. The van der Waals surface area contributed by atoms with Gasteiger partial charge in [-0.2, -0.15) is 0 Å². The van der Waals surface area contributed by atoms with Crippen molar-refractivity contribution in [3.63, 3.8) is 0 Å². The standard InChI is InChI=1S/C16H15NO3/c1-11(18)13-6-8-15(9-7-13)17-10-12-2-4-14(5-3-12)16(19)20/h2-9,17H,10H2,1H3,(H,19,20). The number of benzene rings is 2. The van der Waals surface area contributed by atoms with Crippen LogP contribution in [0.25, 0.3) is 0 Å². The molecule has 20 heavy (non-hydrogen) atoms. The summed E-state index contributed by atoms with van der Waals surface area (Å²) in [6.07, 6.45) is 0. The van der Waals surface area contributed by atoms with Crippen molar-refractivity contribution in [3.05, 3.63) is 65.2 Å². The third kappa shape index (κ3) is 3.45. The molecule has 0 fully saturated rings. The van der Waals surface area contributed by atoms with E-state index in [0.29, 0.717) is 12.1 Å². The molecule has 0 saturated heterocycles. The summed E-state index contributed by atoms with van der Waals surface area (Å²) < 4.78 is 0. The summed E-state index contributed by atoms with van der Waals surface area (Å²) in [4.78, 5) is 21.9. The van der Waals surface area contributed by atoms with Gasteiger partial charge >= 0.3 is 5.97 Å². The molecule has 102 valence electrons. The second kappa shape index (κ2) is 6.02. The minimum Gasteiger partial charge on any atom is -0.478 e. The first-order valence-corrected chi connectivity index (χ1v) is 6.23. The average Bonchev–Trinajstić information content (AvgIpc) is 2.46. The number of carbonyl (C=O) groups is 2. The summed E-state index contributed by atoms with van der Waals surface area (Å²) >= 11 is 0. The van der Waals surface area contributed by atoms with E-state index in [4.69, 9.17) is 5.11 Å². The molecule has 0 aliphatic rings. The van der Waals surface area contributed by atoms with Crippen molar-refractivity contribution in [1.82, 2.24) is 0 Å². The van der Waals surface area contributed by atoms with E-state index in [2.05, 4.69) is 5.32 Å². The van der Waals surface area contributed by atoms with Crippen molar-refractivity contribution < 1.29 is 14.7 Å². The molecule has 0 heterocycles. The Balaban J connectivity index is 1.97. The van der Waals surface area contributed by atoms with Gasteiger partial charge in [0.2, 0.25) is 0 Å². The number of ketones is 1. The summed E-state index contributed by atoms with van der Waals surface area (Å²) in [5.74, 6) is -0.884. The van der Waals surface area contributed by atoms with Crippen LogP contribution in [-0.4, -0.2) is 16.9 Å². The van der Waals surface area contributed by atoms with Gasteiger partial charge in [0, 0.05) is 17.8 Å². The van der Waals surface area contributed by atoms with Crippen LogP contribution in [0.2, 0.25) is 0 Å². The monoisotopic (exact) mass is 269 g/mol. The first kappa shape index (κ1) is 13.8. The van der Waals surface area contributed by atoms with Gasteiger partial charge < -0.3 is 10.4 Å². The molecule has 0 aromatic heterocycles. The van der Waals surface area contributed by atoms with Crippen molar-refractivity contribution in [2.75, 3.05) is 5.32 Å². The summed E-state index contributed by atoms with van der Waals surface area (Å²) in [6.45, 7) is 2.13. The van der Waals surface area contributed by atoms with Gasteiger partial charge in [0.15, 0.2) is 5.78 Å². The molecule has 0 radical (unpaired) electrons. The lowest BCUT2D eigenvalue weighted by Crippen LogP contribution is -2.01. The van der Waals surface area contributed by atoms with E-state index in [1.807, 2.05) is 12.1 Å². The summed E-state index contributed by atoms with van der Waals surface area (Å²) in [5, 5.41) is 12.0. The van der Waals surface area contributed by atoms with E-state index in [1.165, 1.54) is 6.92 Å². The SMILES string of the molecule is CC(=O)c1ccc(NCc2ccc(C(=O)O)cc2)cc1. The summed E-state index contributed by atoms with van der Waals surface area (Å²) in [5.41, 5.74) is 2.86. The van der Waals surface area contributed by atoms with Gasteiger partial charge in [-0.1, -0.05) is 12.1 Å². The first-order chi connectivity index (χ1) is 9.56. The third-order valence-corrected chi connectivity index (χ3v) is 2.99. The van der Waals surface area contributed by atoms with Gasteiger partial charge in [0.25, 0.3) is 0 Å². The smallest absolute Gasteiger partial charge is 0.335 e. The number of anilines is 1. The Morgan fingerprint density at radius 1 is 0.950 bits per heavy atom. The third-order valence-electron chi connectivity index (χ3n) is 2.99. The number of carboxylic acid groups (broad SMARTS) is 1. The fourth-order valence-electron chi connectivity index (χ4n) is 1.79. The molecule has 2 rings (SSSR count). The van der Waals surface area contributed by atoms with Gasteiger partial charge in [0.05, 0.1) is 5.56 Å². The van der Waals surface area contributed by atoms with Gasteiger partial charge in [-0.25, -0.2) is 4.79 Å². The van der Waals surface area contributed by atoms with E-state index in [-0.39, 0.29) is 11.3 Å². The number of carboxylic acids is 1. The molecule has 0 atom stereocenters. The molecule has 0 spiro atoms. The highest BCUT2D eigenvalue weighted by molar-refractivity contribution is 5.94. The lowest BCUT2D eigenvalue weighted by atomic mass is 10.1. The lowest BCUT2D eigenvalue weighted by Gasteiger charge is -2.07. The predicted octanol–water partition coefficient (Wildman–Crippen LogP) is 3.20. The van der Waals surface area contributed by atoms with Gasteiger partial charge in [-0.3, -0.25) is 4.79 Å². The zero-order valence-electron chi connectivity index (χ0n) is 11.1. The zero-order valence-corrected chi connectivity index (χ0v) is 11.1. The number of nitrogens with one attached hydrogen (secondary N) is 1. The molecule has 2 aromatic rings. The molecule has 4 nitrogen and oxygen atoms in total. The molecule has 0 aliphatic carbocycles. The maximum Gasteiger partial charge on any atom is 0.335 e. The van der Waals surface area contributed by atoms with Crippen LogP contribution in [0.4, 0.5) is 5.69 Å². The van der Waals surface area contributed by atoms with E-state index >= 15 is 0 Å². The van der Waals surface area contributed by atoms with Crippen molar-refractivity contribution in [3.8, 4) is 0 Å². The Morgan fingerprint density at radius 3 is 2.00 bits per heavy atom.